The Hall–Kier alpha value is -6.77. The zero-order chi connectivity index (χ0) is 53.7. The van der Waals surface area contributed by atoms with Crippen molar-refractivity contribution in [2.45, 2.75) is 49.4 Å². The number of pyridine rings is 1. The molecule has 0 saturated heterocycles. The molecule has 1 heterocycles. The van der Waals surface area contributed by atoms with Gasteiger partial charge in [-0.2, -0.15) is 127 Å². The first-order chi connectivity index (χ1) is 32.1. The number of nitrogens with zero attached hydrogens (tertiary/aromatic N) is 1. The van der Waals surface area contributed by atoms with Crippen molar-refractivity contribution in [3.63, 3.8) is 0 Å². The van der Waals surface area contributed by atoms with Crippen molar-refractivity contribution in [1.29, 1.82) is 0 Å². The Morgan fingerprint density at radius 2 is 0.521 bits per heavy atom. The fraction of sp³-hybridized carbons (Fsp3) is 0.186. The SMILES string of the molecule is FC(F)(F)c1cc([B-](c2cc(C(F)(F)F)cc(C(F)(F)F)c2)(c2cc(C(F)(F)F)cc(C(F)(F)F)c2)c2cc(C(F)(F)F)cc(C(F)(F)F)c2)cc(C(F)(F)F)c1.Oc1ccc(O[n+]2ccccc2)cc1. The summed E-state index contributed by atoms with van der Waals surface area (Å²) in [5.41, 5.74) is -30.2. The van der Waals surface area contributed by atoms with Crippen LogP contribution in [0.2, 0.25) is 0 Å². The Balaban J connectivity index is 0.000000569. The number of aromatic hydroxyl groups is 1. The Labute approximate surface area is 381 Å². The maximum Gasteiger partial charge on any atom is 0.416 e. The van der Waals surface area contributed by atoms with E-state index in [2.05, 4.69) is 0 Å². The second-order valence-electron chi connectivity index (χ2n) is 15.0. The molecule has 0 aliphatic rings. The van der Waals surface area contributed by atoms with Gasteiger partial charge in [-0.15, -0.1) is 0 Å². The molecule has 6 aromatic rings. The fourth-order valence-corrected chi connectivity index (χ4v) is 7.14. The summed E-state index contributed by atoms with van der Waals surface area (Å²) in [7, 11) is 0. The number of halogens is 24. The van der Waals surface area contributed by atoms with Gasteiger partial charge in [0.15, 0.2) is 0 Å². The van der Waals surface area contributed by atoms with Crippen molar-refractivity contribution in [3.8, 4) is 11.5 Å². The minimum Gasteiger partial charge on any atom is -0.508 e. The molecule has 0 unspecified atom stereocenters. The lowest BCUT2D eigenvalue weighted by Crippen LogP contribution is -2.75. The molecule has 71 heavy (non-hydrogen) atoms. The number of phenolic OH excluding ortho intramolecular Hbond substituents is 1. The third-order valence-electron chi connectivity index (χ3n) is 10.2. The molecular formula is C43H22BF24NO2. The van der Waals surface area contributed by atoms with Gasteiger partial charge in [-0.3, -0.25) is 0 Å². The van der Waals surface area contributed by atoms with Gasteiger partial charge in [0, 0.05) is 16.9 Å². The van der Waals surface area contributed by atoms with Gasteiger partial charge in [0.1, 0.15) is 11.9 Å². The quantitative estimate of drug-likeness (QED) is 0.102. The highest BCUT2D eigenvalue weighted by atomic mass is 19.4. The van der Waals surface area contributed by atoms with Crippen LogP contribution in [0.25, 0.3) is 0 Å². The molecule has 1 N–H and O–H groups in total. The van der Waals surface area contributed by atoms with Crippen LogP contribution >= 0.6 is 0 Å². The molecule has 0 amide bonds. The van der Waals surface area contributed by atoms with Crippen LogP contribution in [0.15, 0.2) is 128 Å². The fourth-order valence-electron chi connectivity index (χ4n) is 7.14. The van der Waals surface area contributed by atoms with Crippen LogP contribution < -0.4 is 31.4 Å². The summed E-state index contributed by atoms with van der Waals surface area (Å²) in [6.07, 6.45) is -51.2. The van der Waals surface area contributed by atoms with Gasteiger partial charge < -0.3 is 5.11 Å². The van der Waals surface area contributed by atoms with E-state index in [1.165, 1.54) is 0 Å². The van der Waals surface area contributed by atoms with E-state index in [9.17, 15) is 105 Å². The second kappa shape index (κ2) is 18.8. The predicted molar refractivity (Wildman–Crippen MR) is 201 cm³/mol. The number of phenols is 1. The topological polar surface area (TPSA) is 33.3 Å². The average Bonchev–Trinajstić information content (AvgIpc) is 3.22. The van der Waals surface area contributed by atoms with Crippen molar-refractivity contribution in [2.75, 3.05) is 0 Å². The predicted octanol–water partition coefficient (Wildman–Crippen LogP) is 12.7. The van der Waals surface area contributed by atoms with E-state index in [0.717, 1.165) is 0 Å². The summed E-state index contributed by atoms with van der Waals surface area (Å²) in [5.74, 6) is 0.911. The number of alkyl halides is 24. The highest BCUT2D eigenvalue weighted by Crippen LogP contribution is 2.41. The van der Waals surface area contributed by atoms with E-state index in [1.54, 1.807) is 41.4 Å². The molecule has 0 atom stereocenters. The smallest absolute Gasteiger partial charge is 0.416 e. The van der Waals surface area contributed by atoms with Crippen LogP contribution in [-0.2, 0) is 49.4 Å². The van der Waals surface area contributed by atoms with Crippen molar-refractivity contribution >= 4 is 28.0 Å². The molecule has 0 fully saturated rings. The van der Waals surface area contributed by atoms with Crippen LogP contribution in [0.4, 0.5) is 105 Å². The van der Waals surface area contributed by atoms with Crippen molar-refractivity contribution in [1.82, 2.24) is 0 Å². The van der Waals surface area contributed by atoms with Crippen molar-refractivity contribution < 1.29 is 120 Å². The highest BCUT2D eigenvalue weighted by molar-refractivity contribution is 7.20. The van der Waals surface area contributed by atoms with E-state index in [-0.39, 0.29) is 5.75 Å². The molecule has 0 saturated carbocycles. The zero-order valence-corrected chi connectivity index (χ0v) is 34.1. The van der Waals surface area contributed by atoms with Gasteiger partial charge in [0.05, 0.1) is 44.5 Å². The van der Waals surface area contributed by atoms with Crippen LogP contribution in [0.1, 0.15) is 44.5 Å². The number of rotatable bonds is 6. The van der Waals surface area contributed by atoms with E-state index < -0.39 is 195 Å². The number of benzene rings is 5. The van der Waals surface area contributed by atoms with E-state index >= 15 is 0 Å². The third-order valence-corrected chi connectivity index (χ3v) is 10.2. The van der Waals surface area contributed by atoms with Gasteiger partial charge >= 0.3 is 49.4 Å². The summed E-state index contributed by atoms with van der Waals surface area (Å²) >= 11 is 0. The van der Waals surface area contributed by atoms with Gasteiger partial charge in [-0.1, -0.05) is 54.6 Å². The standard InChI is InChI=1S/C32H12BF24.C11H9NO2/c34-25(35,36)13-1-14(26(37,38)39)6-21(5-13)33(22-7-15(27(40,41)42)2-16(8-22)28(43,44)45,23-9-17(29(46,47)48)3-18(10-23)30(49,50)51)24-11-19(31(52,53)54)4-20(12-24)32(55,56)57;13-10-4-6-11(7-5-10)14-12-8-2-1-3-9-12/h1-12H;1-9H/q-1;/p+1. The van der Waals surface area contributed by atoms with E-state index in [0.29, 0.717) is 5.75 Å². The molecule has 1 aromatic heterocycles. The van der Waals surface area contributed by atoms with Crippen LogP contribution in [0.5, 0.6) is 11.5 Å². The Morgan fingerprint density at radius 1 is 0.310 bits per heavy atom. The number of aromatic nitrogens is 1. The number of hydrogen-bond donors (Lipinski definition) is 1. The molecule has 0 aliphatic heterocycles. The maximum atomic E-state index is 14.2. The summed E-state index contributed by atoms with van der Waals surface area (Å²) in [6, 6.07) is 3.43. The summed E-state index contributed by atoms with van der Waals surface area (Å²) in [5, 5.41) is 9.06. The van der Waals surface area contributed by atoms with Crippen LogP contribution in [-0.4, -0.2) is 11.3 Å². The molecule has 0 aliphatic carbocycles. The van der Waals surface area contributed by atoms with E-state index in [4.69, 9.17) is 9.94 Å². The van der Waals surface area contributed by atoms with Gasteiger partial charge in [-0.05, 0) is 48.5 Å². The molecular weight excluding hydrogens is 1030 g/mol. The maximum absolute atomic E-state index is 14.2. The molecule has 0 radical (unpaired) electrons. The molecule has 5 aromatic carbocycles. The second-order valence-corrected chi connectivity index (χ2v) is 15.0. The monoisotopic (exact) mass is 1050 g/mol. The zero-order valence-electron chi connectivity index (χ0n) is 34.1. The lowest BCUT2D eigenvalue weighted by atomic mass is 9.12. The van der Waals surface area contributed by atoms with Gasteiger partial charge in [-0.25, -0.2) is 4.84 Å². The summed E-state index contributed by atoms with van der Waals surface area (Å²) < 4.78 is 342. The minimum atomic E-state index is -6.13. The summed E-state index contributed by atoms with van der Waals surface area (Å²) in [6.45, 7) is 0. The van der Waals surface area contributed by atoms with Gasteiger partial charge in [0.2, 0.25) is 18.1 Å². The molecule has 28 heteroatoms. The van der Waals surface area contributed by atoms with Crippen molar-refractivity contribution in [3.05, 3.63) is 172 Å². The minimum absolute atomic E-state index is 0.232. The molecule has 382 valence electrons. The molecule has 6 rings (SSSR count). The molecule has 0 bridgehead atoms. The number of hydrogen-bond acceptors (Lipinski definition) is 2. The lowest BCUT2D eigenvalue weighted by Gasteiger charge is -2.46. The largest absolute Gasteiger partial charge is 0.508 e. The first kappa shape index (κ1) is 55.2. The average molecular weight is 1050 g/mol. The first-order valence-electron chi connectivity index (χ1n) is 18.9. The summed E-state index contributed by atoms with van der Waals surface area (Å²) in [4.78, 5) is 5.44. The van der Waals surface area contributed by atoms with Crippen molar-refractivity contribution in [2.24, 2.45) is 0 Å². The lowest BCUT2D eigenvalue weighted by molar-refractivity contribution is -0.875. The van der Waals surface area contributed by atoms with Crippen LogP contribution in [0.3, 0.4) is 0 Å². The first-order valence-corrected chi connectivity index (χ1v) is 18.9. The van der Waals surface area contributed by atoms with E-state index in [1.807, 2.05) is 18.2 Å². The third kappa shape index (κ3) is 13.0. The van der Waals surface area contributed by atoms with Crippen LogP contribution in [0, 0.1) is 0 Å². The Morgan fingerprint density at radius 3 is 0.718 bits per heavy atom. The Bertz CT molecular complexity index is 2400. The normalized spacial score (nSPS) is 13.4. The molecule has 0 spiro atoms. The molecule has 3 nitrogen and oxygen atoms in total. The highest BCUT2D eigenvalue weighted by Gasteiger charge is 2.47. The van der Waals surface area contributed by atoms with Gasteiger partial charge in [0.25, 0.3) is 0 Å². The Kier molecular flexibility index (Phi) is 14.6.